The van der Waals surface area contributed by atoms with Crippen molar-refractivity contribution in [3.8, 4) is 11.5 Å². The van der Waals surface area contributed by atoms with Gasteiger partial charge in [-0.1, -0.05) is 11.2 Å². The van der Waals surface area contributed by atoms with Gasteiger partial charge in [0.1, 0.15) is 0 Å². The van der Waals surface area contributed by atoms with Crippen LogP contribution >= 0.6 is 0 Å². The number of aliphatic imine (C=N–C) groups is 1. The van der Waals surface area contributed by atoms with E-state index in [1.54, 1.807) is 0 Å². The Labute approximate surface area is 125 Å². The van der Waals surface area contributed by atoms with Crippen LogP contribution < -0.4 is 5.32 Å². The van der Waals surface area contributed by atoms with Gasteiger partial charge in [-0.05, 0) is 12.1 Å². The molecule has 1 aliphatic rings. The Bertz CT molecular complexity index is 755. The summed E-state index contributed by atoms with van der Waals surface area (Å²) in [5, 5.41) is 6.54. The average Bonchev–Trinajstić information content (AvgIpc) is 3.14. The Balaban J connectivity index is 1.61. The summed E-state index contributed by atoms with van der Waals surface area (Å²) in [7, 11) is 1.88. The molecule has 0 radical (unpaired) electrons. The van der Waals surface area contributed by atoms with E-state index in [0.29, 0.717) is 11.7 Å². The van der Waals surface area contributed by atoms with Crippen molar-refractivity contribution in [2.75, 3.05) is 0 Å². The zero-order chi connectivity index (χ0) is 15.5. The van der Waals surface area contributed by atoms with Crippen molar-refractivity contribution < 1.29 is 14.1 Å². The van der Waals surface area contributed by atoms with E-state index < -0.39 is 5.92 Å². The van der Waals surface area contributed by atoms with Crippen LogP contribution in [-0.2, 0) is 23.2 Å². The standard InChI is InChI=1S/C14H13N5O3/c1-19-6-2-3-10(19)13-17-12(22-18-13)8-16-14(21)9-4-5-11(20)15-7-9/h2-7,9H,8H2,1H3,(H,16,21). The summed E-state index contributed by atoms with van der Waals surface area (Å²) in [5.74, 6) is -0.453. The summed E-state index contributed by atoms with van der Waals surface area (Å²) < 4.78 is 6.97. The first-order valence-electron chi connectivity index (χ1n) is 6.62. The molecule has 3 rings (SSSR count). The number of aromatic nitrogens is 3. The van der Waals surface area contributed by atoms with E-state index in [9.17, 15) is 9.59 Å². The lowest BCUT2D eigenvalue weighted by Gasteiger charge is -2.08. The monoisotopic (exact) mass is 299 g/mol. The second-order valence-corrected chi connectivity index (χ2v) is 4.74. The van der Waals surface area contributed by atoms with Crippen LogP contribution in [0.25, 0.3) is 11.5 Å². The predicted molar refractivity (Wildman–Crippen MR) is 76.7 cm³/mol. The van der Waals surface area contributed by atoms with Gasteiger partial charge in [-0.3, -0.25) is 9.59 Å². The van der Waals surface area contributed by atoms with E-state index in [0.717, 1.165) is 5.69 Å². The number of amides is 2. The Kier molecular flexibility index (Phi) is 3.65. The quantitative estimate of drug-likeness (QED) is 0.884. The highest BCUT2D eigenvalue weighted by atomic mass is 16.5. The Morgan fingerprint density at radius 3 is 3.05 bits per heavy atom. The van der Waals surface area contributed by atoms with Gasteiger partial charge in [0.15, 0.2) is 0 Å². The molecule has 22 heavy (non-hydrogen) atoms. The van der Waals surface area contributed by atoms with Gasteiger partial charge in [0.05, 0.1) is 18.2 Å². The van der Waals surface area contributed by atoms with E-state index in [4.69, 9.17) is 4.52 Å². The minimum absolute atomic E-state index is 0.113. The molecular weight excluding hydrogens is 286 g/mol. The second kappa shape index (κ2) is 5.76. The molecule has 2 aromatic heterocycles. The van der Waals surface area contributed by atoms with Crippen molar-refractivity contribution in [2.45, 2.75) is 6.54 Å². The second-order valence-electron chi connectivity index (χ2n) is 4.74. The number of nitrogens with zero attached hydrogens (tertiary/aromatic N) is 4. The molecule has 0 bridgehead atoms. The summed E-state index contributed by atoms with van der Waals surface area (Å²) in [6, 6.07) is 3.75. The maximum Gasteiger partial charge on any atom is 0.269 e. The number of aryl methyl sites for hydroxylation is 1. The number of rotatable bonds is 4. The molecule has 1 unspecified atom stereocenters. The third-order valence-electron chi connectivity index (χ3n) is 3.17. The predicted octanol–water partition coefficient (Wildman–Crippen LogP) is 0.475. The number of hydrogen-bond acceptors (Lipinski definition) is 5. The summed E-state index contributed by atoms with van der Waals surface area (Å²) in [6.07, 6.45) is 5.95. The molecule has 2 amide bonds. The Hall–Kier alpha value is -3.03. The topological polar surface area (TPSA) is 102 Å². The first-order chi connectivity index (χ1) is 10.6. The molecule has 8 heteroatoms. The average molecular weight is 299 g/mol. The summed E-state index contributed by atoms with van der Waals surface area (Å²) in [4.78, 5) is 30.6. The normalized spacial score (nSPS) is 17.0. The lowest BCUT2D eigenvalue weighted by atomic mass is 10.1. The van der Waals surface area contributed by atoms with E-state index >= 15 is 0 Å². The molecule has 0 fully saturated rings. The van der Waals surface area contributed by atoms with Gasteiger partial charge in [-0.2, -0.15) is 4.98 Å². The number of hydrogen-bond donors (Lipinski definition) is 1. The number of carbonyl (C=O) groups is 2. The minimum atomic E-state index is -0.562. The molecule has 0 saturated heterocycles. The molecule has 1 atom stereocenters. The highest BCUT2D eigenvalue weighted by Gasteiger charge is 2.18. The molecule has 1 aliphatic heterocycles. The molecule has 112 valence electrons. The number of nitrogens with one attached hydrogen (secondary N) is 1. The van der Waals surface area contributed by atoms with Crippen molar-refractivity contribution in [3.05, 3.63) is 36.4 Å². The fourth-order valence-corrected chi connectivity index (χ4v) is 1.99. The maximum absolute atomic E-state index is 11.9. The highest BCUT2D eigenvalue weighted by molar-refractivity contribution is 6.05. The molecule has 0 aromatic carbocycles. The van der Waals surface area contributed by atoms with Crippen LogP contribution in [0.4, 0.5) is 0 Å². The van der Waals surface area contributed by atoms with Gasteiger partial charge in [0.25, 0.3) is 5.91 Å². The van der Waals surface area contributed by atoms with Crippen molar-refractivity contribution in [1.29, 1.82) is 0 Å². The summed E-state index contributed by atoms with van der Waals surface area (Å²) in [5.41, 5.74) is 0.821. The fourth-order valence-electron chi connectivity index (χ4n) is 1.99. The van der Waals surface area contributed by atoms with Gasteiger partial charge >= 0.3 is 0 Å². The first-order valence-corrected chi connectivity index (χ1v) is 6.62. The molecule has 1 N–H and O–H groups in total. The van der Waals surface area contributed by atoms with Gasteiger partial charge in [-0.25, -0.2) is 4.99 Å². The van der Waals surface area contributed by atoms with E-state index in [1.807, 2.05) is 29.9 Å². The third-order valence-corrected chi connectivity index (χ3v) is 3.17. The lowest BCUT2D eigenvalue weighted by Crippen LogP contribution is -2.31. The SMILES string of the molecule is Cn1cccc1-c1noc(CNC(=O)C2C=CC(=O)N=C2)n1. The smallest absolute Gasteiger partial charge is 0.269 e. The van der Waals surface area contributed by atoms with Crippen LogP contribution in [0.2, 0.25) is 0 Å². The zero-order valence-corrected chi connectivity index (χ0v) is 11.8. The van der Waals surface area contributed by atoms with Gasteiger partial charge in [0.2, 0.25) is 17.6 Å². The first kappa shape index (κ1) is 13.9. The van der Waals surface area contributed by atoms with Crippen molar-refractivity contribution in [3.63, 3.8) is 0 Å². The van der Waals surface area contributed by atoms with Crippen molar-refractivity contribution in [2.24, 2.45) is 18.0 Å². The molecule has 0 spiro atoms. The Morgan fingerprint density at radius 1 is 1.50 bits per heavy atom. The molecule has 0 saturated carbocycles. The van der Waals surface area contributed by atoms with Crippen LogP contribution in [0.5, 0.6) is 0 Å². The van der Waals surface area contributed by atoms with E-state index in [2.05, 4.69) is 20.4 Å². The molecular formula is C14H13N5O3. The van der Waals surface area contributed by atoms with Crippen LogP contribution in [0.1, 0.15) is 5.89 Å². The van der Waals surface area contributed by atoms with E-state index in [-0.39, 0.29) is 18.4 Å². The molecule has 8 nitrogen and oxygen atoms in total. The van der Waals surface area contributed by atoms with E-state index in [1.165, 1.54) is 18.4 Å². The van der Waals surface area contributed by atoms with Crippen molar-refractivity contribution in [1.82, 2.24) is 20.0 Å². The lowest BCUT2D eigenvalue weighted by molar-refractivity contribution is -0.122. The van der Waals surface area contributed by atoms with Crippen LogP contribution in [-0.4, -0.2) is 32.7 Å². The maximum atomic E-state index is 11.9. The summed E-state index contributed by atoms with van der Waals surface area (Å²) >= 11 is 0. The van der Waals surface area contributed by atoms with Gasteiger partial charge in [0, 0.05) is 25.5 Å². The third kappa shape index (κ3) is 2.85. The number of dihydropyridines is 1. The fraction of sp³-hybridized carbons (Fsp3) is 0.214. The highest BCUT2D eigenvalue weighted by Crippen LogP contribution is 2.15. The molecule has 3 heterocycles. The largest absolute Gasteiger partial charge is 0.348 e. The zero-order valence-electron chi connectivity index (χ0n) is 11.8. The minimum Gasteiger partial charge on any atom is -0.348 e. The van der Waals surface area contributed by atoms with Crippen LogP contribution in [0.15, 0.2) is 40.0 Å². The Morgan fingerprint density at radius 2 is 2.36 bits per heavy atom. The van der Waals surface area contributed by atoms with Crippen LogP contribution in [0, 0.1) is 5.92 Å². The van der Waals surface area contributed by atoms with Crippen LogP contribution in [0.3, 0.4) is 0 Å². The van der Waals surface area contributed by atoms with Gasteiger partial charge in [-0.15, -0.1) is 0 Å². The molecule has 0 aliphatic carbocycles. The summed E-state index contributed by atoms with van der Waals surface area (Å²) in [6.45, 7) is 0.113. The van der Waals surface area contributed by atoms with Gasteiger partial charge < -0.3 is 14.4 Å². The van der Waals surface area contributed by atoms with Crippen molar-refractivity contribution >= 4 is 18.0 Å². The number of carbonyl (C=O) groups excluding carboxylic acids is 2. The molecule has 2 aromatic rings.